The van der Waals surface area contributed by atoms with Gasteiger partial charge in [0.05, 0.1) is 37.3 Å². The molecule has 3 aliphatic rings. The van der Waals surface area contributed by atoms with Crippen molar-refractivity contribution < 1.29 is 28.9 Å². The molecule has 2 heterocycles. The minimum absolute atomic E-state index is 0.0168. The van der Waals surface area contributed by atoms with Crippen molar-refractivity contribution in [3.05, 3.63) is 29.8 Å². The molecule has 8 nitrogen and oxygen atoms in total. The average molecular weight is 447 g/mol. The van der Waals surface area contributed by atoms with Crippen molar-refractivity contribution in [2.24, 2.45) is 0 Å². The molecule has 1 spiro atoms. The third kappa shape index (κ3) is 5.42. The zero-order chi connectivity index (χ0) is 22.6. The lowest BCUT2D eigenvalue weighted by Crippen LogP contribution is -2.64. The number of carbonyl (C=O) groups is 2. The fourth-order valence-corrected chi connectivity index (χ4v) is 5.26. The predicted molar refractivity (Wildman–Crippen MR) is 118 cm³/mol. The summed E-state index contributed by atoms with van der Waals surface area (Å²) in [6, 6.07) is 8.03. The molecule has 1 aliphatic carbocycles. The first-order valence-corrected chi connectivity index (χ1v) is 11.7. The molecule has 2 saturated heterocycles. The van der Waals surface area contributed by atoms with Crippen molar-refractivity contribution in [3.63, 3.8) is 0 Å². The van der Waals surface area contributed by atoms with E-state index in [0.29, 0.717) is 19.1 Å². The summed E-state index contributed by atoms with van der Waals surface area (Å²) in [4.78, 5) is 22.8. The normalized spacial score (nSPS) is 31.3. The van der Waals surface area contributed by atoms with Crippen molar-refractivity contribution in [1.29, 1.82) is 0 Å². The van der Waals surface area contributed by atoms with Crippen molar-refractivity contribution >= 4 is 11.9 Å². The standard InChI is InChI=1S/C24H34N2O6/c1-16(12-23(28)29)32-20-5-3-2-4-19(20)17-6-8-18(9-7-17)31-13-21-24(10-11-25-21)15-30-14-22(27)26-24/h2-5,16-18,21,25H,6-15H2,1H3,(H,26,27)(H,28,29). The van der Waals surface area contributed by atoms with Crippen molar-refractivity contribution in [1.82, 2.24) is 10.6 Å². The highest BCUT2D eigenvalue weighted by Gasteiger charge is 2.46. The summed E-state index contributed by atoms with van der Waals surface area (Å²) in [6.45, 7) is 3.87. The Bertz CT molecular complexity index is 809. The van der Waals surface area contributed by atoms with E-state index in [2.05, 4.69) is 16.7 Å². The molecular formula is C24H34N2O6. The summed E-state index contributed by atoms with van der Waals surface area (Å²) in [6.07, 6.45) is 4.60. The fraction of sp³-hybridized carbons (Fsp3) is 0.667. The van der Waals surface area contributed by atoms with Crippen molar-refractivity contribution in [3.8, 4) is 5.75 Å². The number of hydrogen-bond donors (Lipinski definition) is 3. The quantitative estimate of drug-likeness (QED) is 0.562. The molecule has 3 unspecified atom stereocenters. The summed E-state index contributed by atoms with van der Waals surface area (Å²) in [5.74, 6) is 0.260. The van der Waals surface area contributed by atoms with Crippen LogP contribution < -0.4 is 15.4 Å². The predicted octanol–water partition coefficient (Wildman–Crippen LogP) is 2.22. The number of amides is 1. The summed E-state index contributed by atoms with van der Waals surface area (Å²) in [5, 5.41) is 15.6. The Morgan fingerprint density at radius 3 is 2.81 bits per heavy atom. The van der Waals surface area contributed by atoms with Gasteiger partial charge in [-0.2, -0.15) is 0 Å². The zero-order valence-electron chi connectivity index (χ0n) is 18.7. The average Bonchev–Trinajstić information content (AvgIpc) is 3.13. The monoisotopic (exact) mass is 446 g/mol. The highest BCUT2D eigenvalue weighted by molar-refractivity contribution is 5.79. The molecule has 1 amide bonds. The van der Waals surface area contributed by atoms with Gasteiger partial charge in [0, 0.05) is 0 Å². The molecule has 4 rings (SSSR count). The fourth-order valence-electron chi connectivity index (χ4n) is 5.26. The molecule has 3 N–H and O–H groups in total. The summed E-state index contributed by atoms with van der Waals surface area (Å²) >= 11 is 0. The van der Waals surface area contributed by atoms with Crippen LogP contribution >= 0.6 is 0 Å². The van der Waals surface area contributed by atoms with Crippen LogP contribution in [0.25, 0.3) is 0 Å². The smallest absolute Gasteiger partial charge is 0.307 e. The van der Waals surface area contributed by atoms with Gasteiger partial charge >= 0.3 is 5.97 Å². The van der Waals surface area contributed by atoms with Gasteiger partial charge in [0.15, 0.2) is 0 Å². The molecule has 3 fully saturated rings. The number of nitrogens with one attached hydrogen (secondary N) is 2. The second-order valence-electron chi connectivity index (χ2n) is 9.32. The maximum atomic E-state index is 11.8. The molecule has 8 heteroatoms. The summed E-state index contributed by atoms with van der Waals surface area (Å²) in [7, 11) is 0. The number of hydrogen-bond acceptors (Lipinski definition) is 6. The van der Waals surface area contributed by atoms with Gasteiger partial charge in [0.25, 0.3) is 0 Å². The highest BCUT2D eigenvalue weighted by Crippen LogP contribution is 2.39. The molecule has 0 bridgehead atoms. The first-order chi connectivity index (χ1) is 15.4. The number of para-hydroxylation sites is 1. The number of ether oxygens (including phenoxy) is 3. The molecule has 0 radical (unpaired) electrons. The first kappa shape index (κ1) is 23.0. The number of rotatable bonds is 8. The van der Waals surface area contributed by atoms with Crippen LogP contribution in [0.4, 0.5) is 0 Å². The largest absolute Gasteiger partial charge is 0.490 e. The van der Waals surface area contributed by atoms with E-state index in [-0.39, 0.29) is 42.7 Å². The van der Waals surface area contributed by atoms with E-state index in [9.17, 15) is 9.59 Å². The van der Waals surface area contributed by atoms with Gasteiger partial charge in [-0.15, -0.1) is 0 Å². The number of aliphatic carboxylic acids is 1. The van der Waals surface area contributed by atoms with Gasteiger partial charge < -0.3 is 30.0 Å². The Hall–Kier alpha value is -2.16. The van der Waals surface area contributed by atoms with E-state index < -0.39 is 5.97 Å². The van der Waals surface area contributed by atoms with Gasteiger partial charge in [-0.05, 0) is 63.1 Å². The minimum Gasteiger partial charge on any atom is -0.490 e. The third-order valence-corrected chi connectivity index (χ3v) is 6.93. The lowest BCUT2D eigenvalue weighted by Gasteiger charge is -2.39. The molecule has 32 heavy (non-hydrogen) atoms. The van der Waals surface area contributed by atoms with Crippen molar-refractivity contribution in [2.75, 3.05) is 26.4 Å². The van der Waals surface area contributed by atoms with Gasteiger partial charge in [-0.3, -0.25) is 9.59 Å². The Balaban J connectivity index is 1.29. The summed E-state index contributed by atoms with van der Waals surface area (Å²) < 4.78 is 17.8. The van der Waals surface area contributed by atoms with Gasteiger partial charge in [-0.25, -0.2) is 0 Å². The Morgan fingerprint density at radius 1 is 1.28 bits per heavy atom. The van der Waals surface area contributed by atoms with Crippen LogP contribution in [0.15, 0.2) is 24.3 Å². The number of carbonyl (C=O) groups excluding carboxylic acids is 1. The lowest BCUT2D eigenvalue weighted by atomic mass is 9.82. The Kier molecular flexibility index (Phi) is 7.33. The van der Waals surface area contributed by atoms with Gasteiger partial charge in [0.2, 0.25) is 5.91 Å². The molecular weight excluding hydrogens is 412 g/mol. The summed E-state index contributed by atoms with van der Waals surface area (Å²) in [5.41, 5.74) is 0.803. The second kappa shape index (κ2) is 10.2. The van der Waals surface area contributed by atoms with E-state index in [0.717, 1.165) is 50.0 Å². The van der Waals surface area contributed by atoms with Crippen LogP contribution in [0.1, 0.15) is 56.9 Å². The van der Waals surface area contributed by atoms with Crippen LogP contribution in [-0.2, 0) is 19.1 Å². The lowest BCUT2D eigenvalue weighted by molar-refractivity contribution is -0.139. The number of carboxylic acids is 1. The Morgan fingerprint density at radius 2 is 2.06 bits per heavy atom. The molecule has 176 valence electrons. The van der Waals surface area contributed by atoms with Gasteiger partial charge in [0.1, 0.15) is 18.5 Å². The molecule has 2 aliphatic heterocycles. The first-order valence-electron chi connectivity index (χ1n) is 11.7. The molecule has 1 aromatic rings. The minimum atomic E-state index is -0.856. The van der Waals surface area contributed by atoms with Crippen LogP contribution in [0, 0.1) is 0 Å². The molecule has 0 aromatic heterocycles. The second-order valence-corrected chi connectivity index (χ2v) is 9.32. The highest BCUT2D eigenvalue weighted by atomic mass is 16.5. The van der Waals surface area contributed by atoms with E-state index in [1.54, 1.807) is 6.92 Å². The molecule has 1 saturated carbocycles. The van der Waals surface area contributed by atoms with Crippen molar-refractivity contribution in [2.45, 2.75) is 75.2 Å². The Labute approximate surface area is 189 Å². The maximum absolute atomic E-state index is 11.8. The van der Waals surface area contributed by atoms with Crippen LogP contribution in [0.3, 0.4) is 0 Å². The SMILES string of the molecule is CC(CC(=O)O)Oc1ccccc1C1CCC(OCC2NCCC23COCC(=O)N3)CC1. The van der Waals surface area contributed by atoms with E-state index in [4.69, 9.17) is 19.3 Å². The van der Waals surface area contributed by atoms with E-state index in [1.807, 2.05) is 18.2 Å². The zero-order valence-corrected chi connectivity index (χ0v) is 18.7. The number of carboxylic acid groups (broad SMARTS) is 1. The van der Waals surface area contributed by atoms with Crippen LogP contribution in [-0.4, -0.2) is 67.1 Å². The topological polar surface area (TPSA) is 106 Å². The van der Waals surface area contributed by atoms with Crippen LogP contribution in [0.5, 0.6) is 5.75 Å². The number of benzene rings is 1. The van der Waals surface area contributed by atoms with E-state index >= 15 is 0 Å². The van der Waals surface area contributed by atoms with E-state index in [1.165, 1.54) is 0 Å². The van der Waals surface area contributed by atoms with Crippen LogP contribution in [0.2, 0.25) is 0 Å². The maximum Gasteiger partial charge on any atom is 0.307 e. The third-order valence-electron chi connectivity index (χ3n) is 6.93. The van der Waals surface area contributed by atoms with Gasteiger partial charge in [-0.1, -0.05) is 18.2 Å². The molecule has 3 atom stereocenters. The number of morpholine rings is 1. The molecule has 1 aromatic carbocycles.